The minimum absolute atomic E-state index is 0.0353. The highest BCUT2D eigenvalue weighted by molar-refractivity contribution is 9.10. The Morgan fingerprint density at radius 2 is 1.91 bits per heavy atom. The number of methoxy groups -OCH3 is 1. The zero-order valence-electron chi connectivity index (χ0n) is 19.6. The van der Waals surface area contributed by atoms with Gasteiger partial charge in [-0.15, -0.1) is 0 Å². The van der Waals surface area contributed by atoms with Crippen LogP contribution in [0, 0.1) is 5.41 Å². The van der Waals surface area contributed by atoms with Gasteiger partial charge in [-0.3, -0.25) is 4.79 Å². The molecule has 0 atom stereocenters. The third kappa shape index (κ3) is 6.44. The van der Waals surface area contributed by atoms with Crippen molar-refractivity contribution in [1.29, 1.82) is 0 Å². The Balaban J connectivity index is 2.13. The molecule has 0 amide bonds. The number of halogens is 2. The molecule has 0 aliphatic carbocycles. The molecule has 176 valence electrons. The van der Waals surface area contributed by atoms with Crippen LogP contribution in [-0.4, -0.2) is 29.6 Å². The van der Waals surface area contributed by atoms with E-state index in [0.29, 0.717) is 46.8 Å². The topological polar surface area (TPSA) is 65.7 Å². The first-order valence-electron chi connectivity index (χ1n) is 10.9. The zero-order valence-corrected chi connectivity index (χ0v) is 22.8. The summed E-state index contributed by atoms with van der Waals surface area (Å²) < 4.78 is 14.7. The molecule has 0 aliphatic heterocycles. The quantitative estimate of drug-likeness (QED) is 0.283. The van der Waals surface area contributed by atoms with E-state index in [4.69, 9.17) is 14.5 Å². The second-order valence-corrected chi connectivity index (χ2v) is 10.9. The predicted molar refractivity (Wildman–Crippen MR) is 141 cm³/mol. The molecule has 0 bridgehead atoms. The summed E-state index contributed by atoms with van der Waals surface area (Å²) >= 11 is 6.97. The molecule has 0 N–H and O–H groups in total. The molecule has 0 spiro atoms. The molecule has 33 heavy (non-hydrogen) atoms. The first kappa shape index (κ1) is 25.4. The van der Waals surface area contributed by atoms with Crippen molar-refractivity contribution in [3.63, 3.8) is 0 Å². The number of hydrogen-bond acceptors (Lipinski definition) is 5. The van der Waals surface area contributed by atoms with Crippen molar-refractivity contribution in [3.8, 4) is 11.5 Å². The summed E-state index contributed by atoms with van der Waals surface area (Å²) in [6.45, 7) is 8.91. The number of benzene rings is 2. The largest absolute Gasteiger partial charge is 0.493 e. The lowest BCUT2D eigenvalue weighted by molar-refractivity contribution is 0.191. The van der Waals surface area contributed by atoms with E-state index in [1.165, 1.54) is 4.68 Å². The van der Waals surface area contributed by atoms with Gasteiger partial charge < -0.3 is 9.47 Å². The molecular formula is C25H29Br2N3O3. The summed E-state index contributed by atoms with van der Waals surface area (Å²) in [5, 5.41) is 5.09. The predicted octanol–water partition coefficient (Wildman–Crippen LogP) is 6.58. The van der Waals surface area contributed by atoms with Crippen molar-refractivity contribution in [1.82, 2.24) is 9.66 Å². The number of aryl methyl sites for hydroxylation is 1. The summed E-state index contributed by atoms with van der Waals surface area (Å²) in [7, 11) is 1.60. The standard InChI is InChI=1S/C25H29Br2N3O3/c1-6-7-8-22-29-20-10-9-17(26)12-19(20)24(31)30(22)28-14-16-11-18(27)13-21(32-5)23(16)33-15-25(2,3)4/h9-14H,6-8,15H2,1-5H3. The Labute approximate surface area is 211 Å². The minimum atomic E-state index is -0.206. The van der Waals surface area contributed by atoms with E-state index < -0.39 is 0 Å². The van der Waals surface area contributed by atoms with Gasteiger partial charge in [-0.1, -0.05) is 66.0 Å². The van der Waals surface area contributed by atoms with Crippen LogP contribution in [0.15, 0.2) is 49.2 Å². The van der Waals surface area contributed by atoms with Crippen LogP contribution < -0.4 is 15.0 Å². The molecule has 3 aromatic rings. The lowest BCUT2D eigenvalue weighted by Gasteiger charge is -2.21. The number of aromatic nitrogens is 2. The van der Waals surface area contributed by atoms with E-state index >= 15 is 0 Å². The maximum absolute atomic E-state index is 13.3. The monoisotopic (exact) mass is 577 g/mol. The molecule has 6 nitrogen and oxygen atoms in total. The molecule has 8 heteroatoms. The third-order valence-electron chi connectivity index (χ3n) is 4.86. The van der Waals surface area contributed by atoms with E-state index in [-0.39, 0.29) is 11.0 Å². The first-order chi connectivity index (χ1) is 15.6. The molecule has 1 heterocycles. The molecule has 0 saturated heterocycles. The lowest BCUT2D eigenvalue weighted by atomic mass is 9.98. The van der Waals surface area contributed by atoms with E-state index in [9.17, 15) is 4.79 Å². The summed E-state index contributed by atoms with van der Waals surface area (Å²) in [6, 6.07) is 9.26. The van der Waals surface area contributed by atoms with Gasteiger partial charge in [0.25, 0.3) is 5.56 Å². The van der Waals surface area contributed by atoms with Gasteiger partial charge in [-0.2, -0.15) is 9.78 Å². The van der Waals surface area contributed by atoms with Gasteiger partial charge in [-0.05, 0) is 42.2 Å². The Hall–Kier alpha value is -2.19. The Morgan fingerprint density at radius 3 is 2.58 bits per heavy atom. The molecule has 2 aromatic carbocycles. The number of ether oxygens (including phenoxy) is 2. The van der Waals surface area contributed by atoms with Crippen LogP contribution in [0.3, 0.4) is 0 Å². The molecule has 1 aromatic heterocycles. The van der Waals surface area contributed by atoms with Gasteiger partial charge in [-0.25, -0.2) is 4.98 Å². The Kier molecular flexibility index (Phi) is 8.34. The summed E-state index contributed by atoms with van der Waals surface area (Å²) in [6.07, 6.45) is 4.19. The van der Waals surface area contributed by atoms with Crippen molar-refractivity contribution in [2.75, 3.05) is 13.7 Å². The van der Waals surface area contributed by atoms with Crippen molar-refractivity contribution in [3.05, 3.63) is 61.0 Å². The fraction of sp³-hybridized carbons (Fsp3) is 0.400. The van der Waals surface area contributed by atoms with E-state index in [0.717, 1.165) is 21.8 Å². The van der Waals surface area contributed by atoms with Crippen molar-refractivity contribution in [2.45, 2.75) is 47.0 Å². The molecule has 3 rings (SSSR count). The van der Waals surface area contributed by atoms with Crippen LogP contribution in [0.4, 0.5) is 0 Å². The van der Waals surface area contributed by atoms with Gasteiger partial charge in [0.1, 0.15) is 5.82 Å². The molecule has 0 fully saturated rings. The normalized spacial score (nSPS) is 12.0. The van der Waals surface area contributed by atoms with Crippen LogP contribution in [-0.2, 0) is 6.42 Å². The van der Waals surface area contributed by atoms with E-state index in [1.54, 1.807) is 19.4 Å². The van der Waals surface area contributed by atoms with Gasteiger partial charge in [0, 0.05) is 20.9 Å². The minimum Gasteiger partial charge on any atom is -0.493 e. The van der Waals surface area contributed by atoms with Crippen molar-refractivity contribution in [2.24, 2.45) is 10.5 Å². The number of hydrogen-bond donors (Lipinski definition) is 0. The Bertz CT molecular complexity index is 1230. The summed E-state index contributed by atoms with van der Waals surface area (Å²) in [5.74, 6) is 1.81. The van der Waals surface area contributed by atoms with Gasteiger partial charge in [0.05, 0.1) is 30.8 Å². The fourth-order valence-corrected chi connectivity index (χ4v) is 4.03. The highest BCUT2D eigenvalue weighted by atomic mass is 79.9. The number of rotatable bonds is 8. The number of nitrogens with zero attached hydrogens (tertiary/aromatic N) is 3. The van der Waals surface area contributed by atoms with Crippen molar-refractivity contribution < 1.29 is 9.47 Å². The van der Waals surface area contributed by atoms with Crippen molar-refractivity contribution >= 4 is 49.0 Å². The number of fused-ring (bicyclic) bond motifs is 1. The molecular weight excluding hydrogens is 550 g/mol. The smallest absolute Gasteiger partial charge is 0.282 e. The first-order valence-corrected chi connectivity index (χ1v) is 12.5. The average molecular weight is 579 g/mol. The van der Waals surface area contributed by atoms with E-state index in [1.807, 2.05) is 24.3 Å². The van der Waals surface area contributed by atoms with Gasteiger partial charge in [0.15, 0.2) is 11.5 Å². The van der Waals surface area contributed by atoms with Crippen LogP contribution in [0.5, 0.6) is 11.5 Å². The second-order valence-electron chi connectivity index (χ2n) is 9.03. The molecule has 0 radical (unpaired) electrons. The maximum Gasteiger partial charge on any atom is 0.282 e. The van der Waals surface area contributed by atoms with Crippen LogP contribution >= 0.6 is 31.9 Å². The summed E-state index contributed by atoms with van der Waals surface area (Å²) in [5.41, 5.74) is 1.13. The fourth-order valence-electron chi connectivity index (χ4n) is 3.21. The second kappa shape index (κ2) is 10.8. The lowest BCUT2D eigenvalue weighted by Crippen LogP contribution is -2.22. The molecule has 0 unspecified atom stereocenters. The highest BCUT2D eigenvalue weighted by Crippen LogP contribution is 2.35. The summed E-state index contributed by atoms with van der Waals surface area (Å²) in [4.78, 5) is 18.1. The average Bonchev–Trinajstić information content (AvgIpc) is 2.75. The SMILES string of the molecule is CCCCc1nc2ccc(Br)cc2c(=O)n1N=Cc1cc(Br)cc(OC)c1OCC(C)(C)C. The molecule has 0 aliphatic rings. The number of unbranched alkanes of at least 4 members (excludes halogenated alkanes) is 1. The van der Waals surface area contributed by atoms with Gasteiger partial charge >= 0.3 is 0 Å². The van der Waals surface area contributed by atoms with Crippen LogP contribution in [0.2, 0.25) is 0 Å². The van der Waals surface area contributed by atoms with Gasteiger partial charge in [0.2, 0.25) is 0 Å². The Morgan fingerprint density at radius 1 is 1.15 bits per heavy atom. The zero-order chi connectivity index (χ0) is 24.2. The van der Waals surface area contributed by atoms with Crippen LogP contribution in [0.25, 0.3) is 10.9 Å². The molecule has 0 saturated carbocycles. The highest BCUT2D eigenvalue weighted by Gasteiger charge is 2.17. The van der Waals surface area contributed by atoms with Crippen LogP contribution in [0.1, 0.15) is 51.9 Å². The van der Waals surface area contributed by atoms with E-state index in [2.05, 4.69) is 64.7 Å². The maximum atomic E-state index is 13.3. The third-order valence-corrected chi connectivity index (χ3v) is 5.81.